The zero-order valence-electron chi connectivity index (χ0n) is 11.1. The molecule has 0 bridgehead atoms. The molecule has 2 rings (SSSR count). The van der Waals surface area contributed by atoms with Crippen molar-refractivity contribution in [2.45, 2.75) is 26.7 Å². The van der Waals surface area contributed by atoms with E-state index in [9.17, 15) is 4.79 Å². The molecule has 0 aliphatic rings. The average Bonchev–Trinajstić information content (AvgIpc) is 2.46. The number of aldehydes is 1. The Kier molecular flexibility index (Phi) is 5.85. The number of ether oxygens (including phenoxy) is 1. The number of unbranched alkanes of at least 4 members (excludes halogenated alkanes) is 1. The van der Waals surface area contributed by atoms with E-state index in [0.29, 0.717) is 5.56 Å². The van der Waals surface area contributed by atoms with Gasteiger partial charge in [-0.3, -0.25) is 9.78 Å². The van der Waals surface area contributed by atoms with Gasteiger partial charge in [0.2, 0.25) is 0 Å². The van der Waals surface area contributed by atoms with Crippen molar-refractivity contribution in [1.29, 1.82) is 0 Å². The second-order valence-electron chi connectivity index (χ2n) is 3.95. The van der Waals surface area contributed by atoms with Crippen LogP contribution in [0, 0.1) is 0 Å². The fourth-order valence-corrected chi connectivity index (χ4v) is 1.32. The minimum absolute atomic E-state index is 0.575. The molecular formula is C15H19NO2. The van der Waals surface area contributed by atoms with Crippen LogP contribution >= 0.6 is 0 Å². The smallest absolute Gasteiger partial charge is 0.151 e. The molecule has 96 valence electrons. The van der Waals surface area contributed by atoms with E-state index in [4.69, 9.17) is 4.74 Å². The molecule has 3 nitrogen and oxygen atoms in total. The summed E-state index contributed by atoms with van der Waals surface area (Å²) in [7, 11) is 1.61. The lowest BCUT2D eigenvalue weighted by molar-refractivity contribution is 0.112. The summed E-state index contributed by atoms with van der Waals surface area (Å²) in [5.74, 6) is 0.766. The van der Waals surface area contributed by atoms with Crippen LogP contribution in [0.3, 0.4) is 0 Å². The van der Waals surface area contributed by atoms with Gasteiger partial charge in [0.15, 0.2) is 6.29 Å². The Morgan fingerprint density at radius 1 is 1.22 bits per heavy atom. The minimum Gasteiger partial charge on any atom is -0.497 e. The molecule has 0 aliphatic heterocycles. The molecule has 0 saturated heterocycles. The maximum Gasteiger partial charge on any atom is 0.151 e. The molecule has 0 atom stereocenters. The molecule has 0 radical (unpaired) electrons. The standard InChI is InChI=1S/C11H9NO2.C4H10/c1-14-10-2-3-11-9(5-10)4-8(7-13)6-12-11;1-3-4-2/h2-7H,1H3;3-4H2,1-2H3. The van der Waals surface area contributed by atoms with Crippen LogP contribution in [0.5, 0.6) is 5.75 Å². The number of carbonyl (C=O) groups excluding carboxylic acids is 1. The number of fused-ring (bicyclic) bond motifs is 1. The Labute approximate surface area is 108 Å². The van der Waals surface area contributed by atoms with Crippen LogP contribution in [0.15, 0.2) is 30.5 Å². The van der Waals surface area contributed by atoms with Crippen molar-refractivity contribution < 1.29 is 9.53 Å². The van der Waals surface area contributed by atoms with Gasteiger partial charge in [-0.05, 0) is 24.3 Å². The van der Waals surface area contributed by atoms with Gasteiger partial charge in [0.05, 0.1) is 12.6 Å². The maximum atomic E-state index is 10.5. The fourth-order valence-electron chi connectivity index (χ4n) is 1.32. The van der Waals surface area contributed by atoms with Crippen molar-refractivity contribution in [3.05, 3.63) is 36.0 Å². The highest BCUT2D eigenvalue weighted by Crippen LogP contribution is 2.19. The summed E-state index contributed by atoms with van der Waals surface area (Å²) >= 11 is 0. The van der Waals surface area contributed by atoms with Crippen LogP contribution in [-0.4, -0.2) is 18.4 Å². The first-order chi connectivity index (χ1) is 8.74. The van der Waals surface area contributed by atoms with E-state index in [1.165, 1.54) is 12.8 Å². The number of carbonyl (C=O) groups is 1. The van der Waals surface area contributed by atoms with Gasteiger partial charge in [0.25, 0.3) is 0 Å². The molecule has 0 unspecified atom stereocenters. The molecule has 1 aromatic carbocycles. The molecule has 1 heterocycles. The molecule has 0 spiro atoms. The first kappa shape index (κ1) is 14.2. The molecule has 0 aliphatic carbocycles. The SMILES string of the molecule is CCCC.COc1ccc2ncc(C=O)cc2c1. The minimum atomic E-state index is 0.575. The van der Waals surface area contributed by atoms with Crippen LogP contribution < -0.4 is 4.74 Å². The van der Waals surface area contributed by atoms with Crippen molar-refractivity contribution in [2.75, 3.05) is 7.11 Å². The molecule has 0 amide bonds. The largest absolute Gasteiger partial charge is 0.497 e. The quantitative estimate of drug-likeness (QED) is 0.771. The van der Waals surface area contributed by atoms with Crippen LogP contribution in [0.2, 0.25) is 0 Å². The fraction of sp³-hybridized carbons (Fsp3) is 0.333. The summed E-state index contributed by atoms with van der Waals surface area (Å²) in [4.78, 5) is 14.7. The van der Waals surface area contributed by atoms with Gasteiger partial charge in [-0.2, -0.15) is 0 Å². The number of methoxy groups -OCH3 is 1. The maximum absolute atomic E-state index is 10.5. The van der Waals surface area contributed by atoms with Crippen LogP contribution in [0.25, 0.3) is 10.9 Å². The number of pyridine rings is 1. The molecule has 18 heavy (non-hydrogen) atoms. The first-order valence-corrected chi connectivity index (χ1v) is 6.14. The summed E-state index contributed by atoms with van der Waals surface area (Å²) in [5.41, 5.74) is 1.43. The Morgan fingerprint density at radius 3 is 2.50 bits per heavy atom. The number of benzene rings is 1. The van der Waals surface area contributed by atoms with Gasteiger partial charge >= 0.3 is 0 Å². The zero-order valence-corrected chi connectivity index (χ0v) is 11.1. The summed E-state index contributed by atoms with van der Waals surface area (Å²) in [6.07, 6.45) is 4.98. The molecule has 0 saturated carbocycles. The van der Waals surface area contributed by atoms with Crippen molar-refractivity contribution in [3.63, 3.8) is 0 Å². The van der Waals surface area contributed by atoms with Crippen LogP contribution in [0.4, 0.5) is 0 Å². The van der Waals surface area contributed by atoms with Gasteiger partial charge in [-0.15, -0.1) is 0 Å². The summed E-state index contributed by atoms with van der Waals surface area (Å²) in [6.45, 7) is 4.36. The van der Waals surface area contributed by atoms with E-state index >= 15 is 0 Å². The van der Waals surface area contributed by atoms with Gasteiger partial charge in [-0.1, -0.05) is 26.7 Å². The predicted octanol–water partition coefficient (Wildman–Crippen LogP) is 3.86. The van der Waals surface area contributed by atoms with E-state index < -0.39 is 0 Å². The first-order valence-electron chi connectivity index (χ1n) is 6.14. The summed E-state index contributed by atoms with van der Waals surface area (Å²) in [5, 5.41) is 0.911. The number of rotatable bonds is 3. The predicted molar refractivity (Wildman–Crippen MR) is 74.3 cm³/mol. The van der Waals surface area contributed by atoms with E-state index in [2.05, 4.69) is 18.8 Å². The molecule has 0 fully saturated rings. The highest BCUT2D eigenvalue weighted by molar-refractivity contribution is 5.86. The van der Waals surface area contributed by atoms with E-state index in [1.807, 2.05) is 18.2 Å². The summed E-state index contributed by atoms with van der Waals surface area (Å²) in [6, 6.07) is 7.35. The van der Waals surface area contributed by atoms with Crippen LogP contribution in [-0.2, 0) is 0 Å². The van der Waals surface area contributed by atoms with Crippen molar-refractivity contribution in [2.24, 2.45) is 0 Å². The Balaban J connectivity index is 0.000000357. The van der Waals surface area contributed by atoms with E-state index in [1.54, 1.807) is 19.4 Å². The number of aromatic nitrogens is 1. The van der Waals surface area contributed by atoms with Crippen molar-refractivity contribution in [1.82, 2.24) is 4.98 Å². The van der Waals surface area contributed by atoms with Crippen molar-refractivity contribution in [3.8, 4) is 5.75 Å². The molecular weight excluding hydrogens is 226 g/mol. The zero-order chi connectivity index (χ0) is 13.4. The number of hydrogen-bond donors (Lipinski definition) is 0. The topological polar surface area (TPSA) is 39.2 Å². The molecule has 0 N–H and O–H groups in total. The lowest BCUT2D eigenvalue weighted by Crippen LogP contribution is -1.86. The third-order valence-electron chi connectivity index (χ3n) is 2.55. The average molecular weight is 245 g/mol. The number of hydrogen-bond acceptors (Lipinski definition) is 3. The van der Waals surface area contributed by atoms with Gasteiger partial charge in [-0.25, -0.2) is 0 Å². The highest BCUT2D eigenvalue weighted by Gasteiger charge is 1.98. The summed E-state index contributed by atoms with van der Waals surface area (Å²) < 4.78 is 5.08. The monoisotopic (exact) mass is 245 g/mol. The third kappa shape index (κ3) is 3.84. The second kappa shape index (κ2) is 7.43. The molecule has 3 heteroatoms. The normalized spacial score (nSPS) is 9.50. The number of nitrogens with zero attached hydrogens (tertiary/aromatic N) is 1. The van der Waals surface area contributed by atoms with Crippen molar-refractivity contribution >= 4 is 17.2 Å². The van der Waals surface area contributed by atoms with E-state index in [-0.39, 0.29) is 0 Å². The van der Waals surface area contributed by atoms with Gasteiger partial charge in [0.1, 0.15) is 5.75 Å². The highest BCUT2D eigenvalue weighted by atomic mass is 16.5. The van der Waals surface area contributed by atoms with Crippen LogP contribution in [0.1, 0.15) is 37.0 Å². The lowest BCUT2D eigenvalue weighted by atomic mass is 10.1. The Bertz CT molecular complexity index is 507. The Morgan fingerprint density at radius 2 is 1.94 bits per heavy atom. The van der Waals surface area contributed by atoms with E-state index in [0.717, 1.165) is 22.9 Å². The molecule has 2 aromatic rings. The molecule has 1 aromatic heterocycles. The third-order valence-corrected chi connectivity index (χ3v) is 2.55. The lowest BCUT2D eigenvalue weighted by Gasteiger charge is -2.01. The van der Waals surface area contributed by atoms with Gasteiger partial charge < -0.3 is 4.74 Å². The Hall–Kier alpha value is -1.90. The second-order valence-corrected chi connectivity index (χ2v) is 3.95. The van der Waals surface area contributed by atoms with Gasteiger partial charge in [0, 0.05) is 17.1 Å².